The van der Waals surface area contributed by atoms with E-state index in [0.29, 0.717) is 11.8 Å². The van der Waals surface area contributed by atoms with Gasteiger partial charge in [0.1, 0.15) is 19.8 Å². The molecule has 15 heteroatoms. The molecular weight excluding hydrogens is 514 g/mol. The van der Waals surface area contributed by atoms with Gasteiger partial charge in [-0.05, 0) is 13.8 Å². The second-order valence-electron chi connectivity index (χ2n) is 6.82. The zero-order valence-corrected chi connectivity index (χ0v) is 21.4. The van der Waals surface area contributed by atoms with Gasteiger partial charge < -0.3 is 39.6 Å². The summed E-state index contributed by atoms with van der Waals surface area (Å²) in [6, 6.07) is 0. The minimum atomic E-state index is -1.51. The predicted octanol–water partition coefficient (Wildman–Crippen LogP) is 1.18. The first kappa shape index (κ1) is 33.0. The number of amides is 3. The van der Waals surface area contributed by atoms with Crippen molar-refractivity contribution in [1.29, 1.82) is 0 Å². The highest BCUT2D eigenvalue weighted by molar-refractivity contribution is 8.13. The van der Waals surface area contributed by atoms with E-state index < -0.39 is 41.6 Å². The molecule has 0 radical (unpaired) electrons. The molecular formula is C22H31N3O11S. The summed E-state index contributed by atoms with van der Waals surface area (Å²) >= 11 is 0.627. The molecule has 0 aromatic rings. The number of alkyl carbamates (subject to hydrolysis) is 2. The van der Waals surface area contributed by atoms with Crippen molar-refractivity contribution < 1.29 is 52.5 Å². The number of nitrogens with one attached hydrogen (secondary N) is 3. The molecule has 0 aliphatic carbocycles. The maximum absolute atomic E-state index is 12.0. The van der Waals surface area contributed by atoms with Gasteiger partial charge in [-0.2, -0.15) is 0 Å². The average Bonchev–Trinajstić information content (AvgIpc) is 2.84. The molecule has 0 aliphatic rings. The van der Waals surface area contributed by atoms with E-state index in [0.717, 1.165) is 6.08 Å². The van der Waals surface area contributed by atoms with Gasteiger partial charge in [0, 0.05) is 17.2 Å². The molecule has 14 nitrogen and oxygen atoms in total. The Morgan fingerprint density at radius 3 is 1.62 bits per heavy atom. The third-order valence-corrected chi connectivity index (χ3v) is 4.36. The predicted molar refractivity (Wildman–Crippen MR) is 131 cm³/mol. The molecule has 3 amide bonds. The molecule has 0 rings (SSSR count). The van der Waals surface area contributed by atoms with Gasteiger partial charge in [-0.25, -0.2) is 24.0 Å². The van der Waals surface area contributed by atoms with E-state index >= 15 is 0 Å². The normalized spacial score (nSPS) is 10.5. The van der Waals surface area contributed by atoms with Gasteiger partial charge in [-0.1, -0.05) is 31.5 Å². The summed E-state index contributed by atoms with van der Waals surface area (Å²) in [7, 11) is 0. The van der Waals surface area contributed by atoms with Crippen LogP contribution >= 0.6 is 11.8 Å². The van der Waals surface area contributed by atoms with Crippen molar-refractivity contribution in [3.8, 4) is 0 Å². The average molecular weight is 546 g/mol. The molecule has 0 saturated heterocycles. The van der Waals surface area contributed by atoms with E-state index in [1.54, 1.807) is 0 Å². The molecule has 0 aromatic heterocycles. The number of ether oxygens (including phenoxy) is 5. The van der Waals surface area contributed by atoms with Crippen LogP contribution in [0.25, 0.3) is 0 Å². The molecule has 206 valence electrons. The zero-order valence-electron chi connectivity index (χ0n) is 20.6. The second-order valence-corrected chi connectivity index (χ2v) is 7.82. The van der Waals surface area contributed by atoms with Gasteiger partial charge >= 0.3 is 30.1 Å². The van der Waals surface area contributed by atoms with Crippen LogP contribution < -0.4 is 16.0 Å². The molecule has 1 unspecified atom stereocenters. The summed E-state index contributed by atoms with van der Waals surface area (Å²) in [5, 5.41) is 6.44. The van der Waals surface area contributed by atoms with Crippen LogP contribution in [0.4, 0.5) is 14.4 Å². The van der Waals surface area contributed by atoms with Crippen LogP contribution in [0.2, 0.25) is 0 Å². The quantitative estimate of drug-likeness (QED) is 0.0828. The maximum Gasteiger partial charge on any atom is 0.410 e. The van der Waals surface area contributed by atoms with Gasteiger partial charge in [0.15, 0.2) is 0 Å². The lowest BCUT2D eigenvalue weighted by molar-refractivity contribution is -0.139. The maximum atomic E-state index is 12.0. The number of hydrogen-bond acceptors (Lipinski definition) is 12. The molecule has 0 saturated carbocycles. The Morgan fingerprint density at radius 2 is 1.19 bits per heavy atom. The Kier molecular flexibility index (Phi) is 17.1. The largest absolute Gasteiger partial charge is 0.461 e. The highest BCUT2D eigenvalue weighted by atomic mass is 32.2. The molecule has 0 fully saturated rings. The minimum Gasteiger partial charge on any atom is -0.461 e. The number of carbonyl (C=O) groups is 6. The summed E-state index contributed by atoms with van der Waals surface area (Å²) in [5.41, 5.74) is 0.396. The first-order valence-electron chi connectivity index (χ1n) is 10.7. The standard InChI is InChI=1S/C22H31N3O11S/c1-6-16(26)32-10-7-23-20(29)35-17(36-21(30)24-8-11-33-18(27)14(2)3)13-37-22(31)25-9-12-34-19(28)15(4)5/h6,17H,1-2,4,7-13H2,3,5H3,(H,23,29)(H,24,30)(H,25,31). The summed E-state index contributed by atoms with van der Waals surface area (Å²) in [6.45, 7) is 12.4. The van der Waals surface area contributed by atoms with Crippen molar-refractivity contribution in [3.05, 3.63) is 37.0 Å². The van der Waals surface area contributed by atoms with Crippen LogP contribution in [0.15, 0.2) is 37.0 Å². The Morgan fingerprint density at radius 1 is 0.757 bits per heavy atom. The van der Waals surface area contributed by atoms with Gasteiger partial charge in [0.2, 0.25) is 0 Å². The Hall–Kier alpha value is -4.01. The highest BCUT2D eigenvalue weighted by Gasteiger charge is 2.21. The third kappa shape index (κ3) is 18.0. The number of thioether (sulfide) groups is 1. The van der Waals surface area contributed by atoms with E-state index in [2.05, 4.69) is 35.7 Å². The minimum absolute atomic E-state index is 0.00450. The lowest BCUT2D eigenvalue weighted by Gasteiger charge is -2.18. The van der Waals surface area contributed by atoms with Crippen molar-refractivity contribution in [1.82, 2.24) is 16.0 Å². The number of carbonyl (C=O) groups excluding carboxylic acids is 6. The van der Waals surface area contributed by atoms with Crippen molar-refractivity contribution in [2.24, 2.45) is 0 Å². The number of esters is 3. The van der Waals surface area contributed by atoms with E-state index in [4.69, 9.17) is 23.7 Å². The topological polar surface area (TPSA) is 185 Å². The Balaban J connectivity index is 4.66. The number of rotatable bonds is 16. The van der Waals surface area contributed by atoms with E-state index in [1.165, 1.54) is 13.8 Å². The Bertz CT molecular complexity index is 876. The van der Waals surface area contributed by atoms with Crippen LogP contribution in [0.3, 0.4) is 0 Å². The van der Waals surface area contributed by atoms with Crippen molar-refractivity contribution in [2.75, 3.05) is 45.2 Å². The van der Waals surface area contributed by atoms with Gasteiger partial charge in [-0.15, -0.1) is 0 Å². The molecule has 0 heterocycles. The van der Waals surface area contributed by atoms with Crippen LogP contribution in [0.1, 0.15) is 13.8 Å². The van der Waals surface area contributed by atoms with E-state index in [9.17, 15) is 28.8 Å². The molecule has 3 N–H and O–H groups in total. The molecule has 0 aliphatic heterocycles. The molecule has 0 spiro atoms. The molecule has 1 atom stereocenters. The van der Waals surface area contributed by atoms with Crippen molar-refractivity contribution in [2.45, 2.75) is 20.1 Å². The number of hydrogen-bond donors (Lipinski definition) is 3. The summed E-state index contributed by atoms with van der Waals surface area (Å²) < 4.78 is 24.3. The fourth-order valence-electron chi connectivity index (χ4n) is 1.81. The van der Waals surface area contributed by atoms with E-state index in [1.807, 2.05) is 0 Å². The van der Waals surface area contributed by atoms with Gasteiger partial charge in [-0.3, -0.25) is 4.79 Å². The van der Waals surface area contributed by atoms with Crippen LogP contribution in [0.5, 0.6) is 0 Å². The Labute approximate surface area is 218 Å². The molecule has 0 aromatic carbocycles. The summed E-state index contributed by atoms with van der Waals surface area (Å²) in [6.07, 6.45) is -2.59. The fourth-order valence-corrected chi connectivity index (χ4v) is 2.44. The third-order valence-electron chi connectivity index (χ3n) is 3.52. The SMILES string of the molecule is C=CC(=O)OCCNC(=O)OC(CSC(=O)NCCOC(=O)C(=C)C)OC(=O)NCCOC(=O)C(=C)C. The van der Waals surface area contributed by atoms with Crippen molar-refractivity contribution in [3.63, 3.8) is 0 Å². The summed E-state index contributed by atoms with van der Waals surface area (Å²) in [4.78, 5) is 69.6. The smallest absolute Gasteiger partial charge is 0.410 e. The van der Waals surface area contributed by atoms with Gasteiger partial charge in [0.25, 0.3) is 11.5 Å². The monoisotopic (exact) mass is 545 g/mol. The zero-order chi connectivity index (χ0) is 28.2. The van der Waals surface area contributed by atoms with Crippen LogP contribution in [-0.2, 0) is 38.1 Å². The summed E-state index contributed by atoms with van der Waals surface area (Å²) in [5.74, 6) is -2.22. The molecule has 0 bridgehead atoms. The molecule has 37 heavy (non-hydrogen) atoms. The van der Waals surface area contributed by atoms with Crippen molar-refractivity contribution >= 4 is 47.1 Å². The van der Waals surface area contributed by atoms with Crippen LogP contribution in [0, 0.1) is 0 Å². The fraction of sp³-hybridized carbons (Fsp3) is 0.455. The first-order chi connectivity index (χ1) is 17.5. The van der Waals surface area contributed by atoms with Gasteiger partial charge in [0.05, 0.1) is 25.4 Å². The van der Waals surface area contributed by atoms with Crippen LogP contribution in [-0.4, -0.2) is 86.8 Å². The highest BCUT2D eigenvalue weighted by Crippen LogP contribution is 2.09. The lowest BCUT2D eigenvalue weighted by atomic mass is 10.4. The van der Waals surface area contributed by atoms with E-state index in [-0.39, 0.29) is 56.4 Å². The lowest BCUT2D eigenvalue weighted by Crippen LogP contribution is -2.38. The second kappa shape index (κ2) is 19.2. The first-order valence-corrected chi connectivity index (χ1v) is 11.7.